The van der Waals surface area contributed by atoms with E-state index in [1.54, 1.807) is 18.2 Å². The lowest BCUT2D eigenvalue weighted by Crippen LogP contribution is -2.05. The summed E-state index contributed by atoms with van der Waals surface area (Å²) in [7, 11) is 0. The first kappa shape index (κ1) is 20.2. The number of carbonyl (C=O) groups excluding carboxylic acids is 1. The second-order valence-electron chi connectivity index (χ2n) is 6.57. The van der Waals surface area contributed by atoms with Gasteiger partial charge in [0.1, 0.15) is 5.82 Å². The molecule has 1 amide bonds. The predicted molar refractivity (Wildman–Crippen MR) is 117 cm³/mol. The minimum Gasteiger partial charge on any atom is -0.302 e. The molecule has 4 aromatic rings. The lowest BCUT2D eigenvalue weighted by molar-refractivity contribution is -0.114. The number of benzene rings is 2. The zero-order valence-corrected chi connectivity index (χ0v) is 17.9. The van der Waals surface area contributed by atoms with Crippen LogP contribution in [0.2, 0.25) is 0 Å². The molecule has 2 heterocycles. The Morgan fingerprint density at radius 3 is 2.67 bits per heavy atom. The Kier molecular flexibility index (Phi) is 5.91. The summed E-state index contributed by atoms with van der Waals surface area (Å²) in [5.41, 5.74) is 3.18. The molecule has 6 nitrogen and oxygen atoms in total. The molecule has 0 aliphatic heterocycles. The van der Waals surface area contributed by atoms with Crippen molar-refractivity contribution in [1.82, 2.24) is 19.7 Å². The largest absolute Gasteiger partial charge is 0.302 e. The molecule has 0 saturated heterocycles. The quantitative estimate of drug-likeness (QED) is 0.424. The van der Waals surface area contributed by atoms with Gasteiger partial charge in [-0.1, -0.05) is 41.6 Å². The van der Waals surface area contributed by atoms with E-state index >= 15 is 0 Å². The maximum absolute atomic E-state index is 14.5. The molecule has 2 aromatic heterocycles. The highest BCUT2D eigenvalue weighted by atomic mass is 32.2. The standard InChI is InChI=1S/C21H18FN5OS2/c1-13-7-9-16(10-8-13)27-19(17-5-3-4-6-18(17)22)25-26-21(27)30-12-15-11-29-20(24-15)23-14(2)28/h3-11H,12H2,1-2H3,(H,23,24,28). The van der Waals surface area contributed by atoms with Gasteiger partial charge in [0, 0.05) is 23.7 Å². The van der Waals surface area contributed by atoms with Gasteiger partial charge in [-0.25, -0.2) is 9.37 Å². The van der Waals surface area contributed by atoms with Gasteiger partial charge in [0.15, 0.2) is 16.1 Å². The van der Waals surface area contributed by atoms with Gasteiger partial charge < -0.3 is 5.32 Å². The van der Waals surface area contributed by atoms with Crippen molar-refractivity contribution in [3.8, 4) is 17.1 Å². The van der Waals surface area contributed by atoms with Crippen molar-refractivity contribution in [2.24, 2.45) is 0 Å². The van der Waals surface area contributed by atoms with E-state index < -0.39 is 0 Å². The molecule has 9 heteroatoms. The normalized spacial score (nSPS) is 10.9. The second kappa shape index (κ2) is 8.76. The Labute approximate surface area is 181 Å². The van der Waals surface area contributed by atoms with E-state index in [1.165, 1.54) is 36.1 Å². The van der Waals surface area contributed by atoms with Crippen molar-refractivity contribution in [2.75, 3.05) is 5.32 Å². The summed E-state index contributed by atoms with van der Waals surface area (Å²) in [5, 5.41) is 14.4. The lowest BCUT2D eigenvalue weighted by Gasteiger charge is -2.11. The third-order valence-electron chi connectivity index (χ3n) is 4.22. The molecule has 0 unspecified atom stereocenters. The van der Waals surface area contributed by atoms with E-state index in [1.807, 2.05) is 41.1 Å². The SMILES string of the molecule is CC(=O)Nc1nc(CSc2nnc(-c3ccccc3F)n2-c2ccc(C)cc2)cs1. The van der Waals surface area contributed by atoms with Crippen LogP contribution in [0.1, 0.15) is 18.2 Å². The number of anilines is 1. The van der Waals surface area contributed by atoms with Gasteiger partial charge in [-0.2, -0.15) is 0 Å². The van der Waals surface area contributed by atoms with Crippen LogP contribution in [-0.2, 0) is 10.5 Å². The number of thioether (sulfide) groups is 1. The van der Waals surface area contributed by atoms with Crippen LogP contribution in [0.3, 0.4) is 0 Å². The number of carbonyl (C=O) groups is 1. The number of halogens is 1. The molecule has 4 rings (SSSR count). The maximum atomic E-state index is 14.5. The maximum Gasteiger partial charge on any atom is 0.223 e. The minimum atomic E-state index is -0.353. The van der Waals surface area contributed by atoms with Crippen molar-refractivity contribution in [2.45, 2.75) is 24.8 Å². The van der Waals surface area contributed by atoms with E-state index in [0.717, 1.165) is 16.9 Å². The van der Waals surface area contributed by atoms with Crippen molar-refractivity contribution in [3.63, 3.8) is 0 Å². The highest BCUT2D eigenvalue weighted by molar-refractivity contribution is 7.98. The molecule has 30 heavy (non-hydrogen) atoms. The highest BCUT2D eigenvalue weighted by Gasteiger charge is 2.19. The number of amides is 1. The van der Waals surface area contributed by atoms with Crippen molar-refractivity contribution in [1.29, 1.82) is 0 Å². The summed E-state index contributed by atoms with van der Waals surface area (Å²) in [5.74, 6) is 0.472. The van der Waals surface area contributed by atoms with Crippen LogP contribution in [0.4, 0.5) is 9.52 Å². The number of hydrogen-bond acceptors (Lipinski definition) is 6. The Balaban J connectivity index is 1.67. The van der Waals surface area contributed by atoms with Crippen LogP contribution in [0, 0.1) is 12.7 Å². The monoisotopic (exact) mass is 439 g/mol. The van der Waals surface area contributed by atoms with Crippen LogP contribution < -0.4 is 5.32 Å². The Morgan fingerprint density at radius 2 is 1.93 bits per heavy atom. The van der Waals surface area contributed by atoms with Gasteiger partial charge in [-0.3, -0.25) is 9.36 Å². The van der Waals surface area contributed by atoms with E-state index in [9.17, 15) is 9.18 Å². The molecule has 152 valence electrons. The predicted octanol–water partition coefficient (Wildman–Crippen LogP) is 5.09. The molecule has 0 aliphatic rings. The molecule has 0 spiro atoms. The van der Waals surface area contributed by atoms with Gasteiger partial charge in [0.2, 0.25) is 5.91 Å². The van der Waals surface area contributed by atoms with Gasteiger partial charge in [0.25, 0.3) is 0 Å². The summed E-state index contributed by atoms with van der Waals surface area (Å²) in [6.07, 6.45) is 0. The molecule has 0 aliphatic carbocycles. The van der Waals surface area contributed by atoms with Gasteiger partial charge in [-0.15, -0.1) is 21.5 Å². The van der Waals surface area contributed by atoms with Crippen LogP contribution >= 0.6 is 23.1 Å². The Morgan fingerprint density at radius 1 is 1.17 bits per heavy atom. The molecular weight excluding hydrogens is 421 g/mol. The number of aryl methyl sites for hydroxylation is 1. The van der Waals surface area contributed by atoms with Crippen LogP contribution in [0.25, 0.3) is 17.1 Å². The summed E-state index contributed by atoms with van der Waals surface area (Å²) >= 11 is 2.82. The van der Waals surface area contributed by atoms with E-state index in [4.69, 9.17) is 0 Å². The first-order valence-electron chi connectivity index (χ1n) is 9.13. The van der Waals surface area contributed by atoms with Gasteiger partial charge in [0.05, 0.1) is 11.3 Å². The summed E-state index contributed by atoms with van der Waals surface area (Å²) in [4.78, 5) is 15.6. The average Bonchev–Trinajstić information content (AvgIpc) is 3.34. The molecule has 1 N–H and O–H groups in total. The number of aromatic nitrogens is 4. The fraction of sp³-hybridized carbons (Fsp3) is 0.143. The van der Waals surface area contributed by atoms with Crippen LogP contribution in [0.5, 0.6) is 0 Å². The molecular formula is C21H18FN5OS2. The summed E-state index contributed by atoms with van der Waals surface area (Å²) in [6.45, 7) is 3.46. The Hall–Kier alpha value is -3.04. The minimum absolute atomic E-state index is 0.155. The van der Waals surface area contributed by atoms with E-state index in [2.05, 4.69) is 20.5 Å². The summed E-state index contributed by atoms with van der Waals surface area (Å²) < 4.78 is 16.3. The zero-order valence-electron chi connectivity index (χ0n) is 16.3. The van der Waals surface area contributed by atoms with E-state index in [0.29, 0.717) is 27.4 Å². The van der Waals surface area contributed by atoms with Crippen LogP contribution in [-0.4, -0.2) is 25.7 Å². The molecule has 0 atom stereocenters. The highest BCUT2D eigenvalue weighted by Crippen LogP contribution is 2.31. The van der Waals surface area contributed by atoms with Gasteiger partial charge >= 0.3 is 0 Å². The van der Waals surface area contributed by atoms with Crippen molar-refractivity contribution >= 4 is 34.1 Å². The molecule has 0 fully saturated rings. The summed E-state index contributed by atoms with van der Waals surface area (Å²) in [6, 6.07) is 14.4. The number of rotatable bonds is 6. The number of nitrogens with zero attached hydrogens (tertiary/aromatic N) is 4. The molecule has 0 saturated carbocycles. The third kappa shape index (κ3) is 4.42. The first-order chi connectivity index (χ1) is 14.5. The van der Waals surface area contributed by atoms with Gasteiger partial charge in [-0.05, 0) is 31.2 Å². The third-order valence-corrected chi connectivity index (χ3v) is 5.99. The topological polar surface area (TPSA) is 72.7 Å². The average molecular weight is 440 g/mol. The fourth-order valence-electron chi connectivity index (χ4n) is 2.83. The van der Waals surface area contributed by atoms with Crippen molar-refractivity contribution < 1.29 is 9.18 Å². The van der Waals surface area contributed by atoms with Crippen molar-refractivity contribution in [3.05, 3.63) is 71.0 Å². The molecule has 0 radical (unpaired) electrons. The lowest BCUT2D eigenvalue weighted by atomic mass is 10.2. The fourth-order valence-corrected chi connectivity index (χ4v) is 4.53. The zero-order chi connectivity index (χ0) is 21.1. The number of nitrogens with one attached hydrogen (secondary N) is 1. The smallest absolute Gasteiger partial charge is 0.223 e. The van der Waals surface area contributed by atoms with Crippen LogP contribution in [0.15, 0.2) is 59.1 Å². The first-order valence-corrected chi connectivity index (χ1v) is 11.0. The molecule has 2 aromatic carbocycles. The van der Waals surface area contributed by atoms with E-state index in [-0.39, 0.29) is 11.7 Å². The number of hydrogen-bond donors (Lipinski definition) is 1. The second-order valence-corrected chi connectivity index (χ2v) is 8.37. The number of thiazole rings is 1. The molecule has 0 bridgehead atoms. The Bertz CT molecular complexity index is 1190.